The Labute approximate surface area is 134 Å². The van der Waals surface area contributed by atoms with Gasteiger partial charge in [-0.1, -0.05) is 18.2 Å². The number of hydrogen-bond acceptors (Lipinski definition) is 2. The lowest BCUT2D eigenvalue weighted by Crippen LogP contribution is -2.28. The van der Waals surface area contributed by atoms with Crippen LogP contribution in [0.1, 0.15) is 16.5 Å². The monoisotopic (exact) mass is 341 g/mol. The summed E-state index contributed by atoms with van der Waals surface area (Å²) in [6.07, 6.45) is -4.45. The second-order valence-electron chi connectivity index (χ2n) is 5.03. The van der Waals surface area contributed by atoms with Crippen LogP contribution in [0.3, 0.4) is 0 Å². The highest BCUT2D eigenvalue weighted by molar-refractivity contribution is 8.00. The predicted octanol–water partition coefficient (Wildman–Crippen LogP) is 4.62. The molecule has 0 N–H and O–H groups in total. The van der Waals surface area contributed by atoms with Crippen molar-refractivity contribution < 1.29 is 22.4 Å². The zero-order chi connectivity index (χ0) is 16.6. The van der Waals surface area contributed by atoms with Crippen molar-refractivity contribution in [3.63, 3.8) is 0 Å². The fourth-order valence-corrected chi connectivity index (χ4v) is 3.61. The molecule has 1 saturated heterocycles. The van der Waals surface area contributed by atoms with E-state index in [1.54, 1.807) is 6.07 Å². The Morgan fingerprint density at radius 2 is 1.83 bits per heavy atom. The Morgan fingerprint density at radius 3 is 2.52 bits per heavy atom. The highest BCUT2D eigenvalue weighted by Gasteiger charge is 2.36. The van der Waals surface area contributed by atoms with Gasteiger partial charge in [-0.25, -0.2) is 4.39 Å². The van der Waals surface area contributed by atoms with Gasteiger partial charge in [-0.05, 0) is 35.9 Å². The number of carbonyl (C=O) groups excluding carboxylic acids is 1. The number of anilines is 1. The summed E-state index contributed by atoms with van der Waals surface area (Å²) in [7, 11) is 0. The molecule has 1 fully saturated rings. The maximum Gasteiger partial charge on any atom is 0.416 e. The van der Waals surface area contributed by atoms with E-state index in [-0.39, 0.29) is 11.7 Å². The first-order valence-electron chi connectivity index (χ1n) is 6.72. The van der Waals surface area contributed by atoms with Crippen molar-refractivity contribution in [2.45, 2.75) is 11.6 Å². The summed E-state index contributed by atoms with van der Waals surface area (Å²) in [5, 5.41) is -0.605. The molecule has 7 heteroatoms. The first kappa shape index (κ1) is 15.9. The van der Waals surface area contributed by atoms with Gasteiger partial charge in [0.1, 0.15) is 11.2 Å². The molecule has 0 unspecified atom stereocenters. The van der Waals surface area contributed by atoms with E-state index in [4.69, 9.17) is 0 Å². The zero-order valence-corrected chi connectivity index (χ0v) is 12.5. The average molecular weight is 341 g/mol. The smallest absolute Gasteiger partial charge is 0.295 e. The fourth-order valence-electron chi connectivity index (χ4n) is 2.44. The Bertz CT molecular complexity index is 747. The predicted molar refractivity (Wildman–Crippen MR) is 80.5 cm³/mol. The number of amides is 1. The number of halogens is 4. The molecule has 23 heavy (non-hydrogen) atoms. The maximum absolute atomic E-state index is 13.4. The number of rotatable bonds is 2. The number of alkyl halides is 3. The molecule has 0 saturated carbocycles. The molecule has 0 bridgehead atoms. The highest BCUT2D eigenvalue weighted by Crippen LogP contribution is 2.43. The summed E-state index contributed by atoms with van der Waals surface area (Å²) in [4.78, 5) is 13.4. The first-order chi connectivity index (χ1) is 10.9. The van der Waals surface area contributed by atoms with E-state index >= 15 is 0 Å². The maximum atomic E-state index is 13.4. The van der Waals surface area contributed by atoms with Crippen LogP contribution in [0, 0.1) is 5.82 Å². The van der Waals surface area contributed by atoms with Gasteiger partial charge in [-0.3, -0.25) is 9.69 Å². The third-order valence-electron chi connectivity index (χ3n) is 3.45. The van der Waals surface area contributed by atoms with E-state index in [0.717, 1.165) is 12.1 Å². The molecule has 2 aromatic rings. The minimum Gasteiger partial charge on any atom is -0.295 e. The van der Waals surface area contributed by atoms with E-state index in [1.165, 1.54) is 47.0 Å². The number of thioether (sulfide) groups is 1. The van der Waals surface area contributed by atoms with E-state index in [0.29, 0.717) is 11.3 Å². The van der Waals surface area contributed by atoms with Gasteiger partial charge in [0.25, 0.3) is 0 Å². The summed E-state index contributed by atoms with van der Waals surface area (Å²) in [6, 6.07) is 10.3. The average Bonchev–Trinajstić information content (AvgIpc) is 2.88. The van der Waals surface area contributed by atoms with Crippen molar-refractivity contribution >= 4 is 23.4 Å². The second-order valence-corrected chi connectivity index (χ2v) is 6.10. The van der Waals surface area contributed by atoms with E-state index in [2.05, 4.69) is 0 Å². The molecule has 0 aliphatic carbocycles. The van der Waals surface area contributed by atoms with Gasteiger partial charge >= 0.3 is 6.18 Å². The van der Waals surface area contributed by atoms with Crippen LogP contribution in [-0.2, 0) is 11.0 Å². The largest absolute Gasteiger partial charge is 0.416 e. The summed E-state index contributed by atoms with van der Waals surface area (Å²) in [5.74, 6) is -0.629. The Morgan fingerprint density at radius 1 is 1.09 bits per heavy atom. The molecule has 1 heterocycles. The zero-order valence-electron chi connectivity index (χ0n) is 11.7. The van der Waals surface area contributed by atoms with E-state index < -0.39 is 22.9 Å². The van der Waals surface area contributed by atoms with Crippen LogP contribution < -0.4 is 4.90 Å². The van der Waals surface area contributed by atoms with Gasteiger partial charge in [-0.15, -0.1) is 11.8 Å². The third kappa shape index (κ3) is 3.19. The topological polar surface area (TPSA) is 20.3 Å². The van der Waals surface area contributed by atoms with Gasteiger partial charge < -0.3 is 0 Å². The third-order valence-corrected chi connectivity index (χ3v) is 4.67. The van der Waals surface area contributed by atoms with Crippen molar-refractivity contribution in [3.05, 3.63) is 65.5 Å². The molecule has 2 nitrogen and oxygen atoms in total. The molecule has 1 amide bonds. The molecule has 2 aromatic carbocycles. The van der Waals surface area contributed by atoms with Crippen molar-refractivity contribution in [1.82, 2.24) is 0 Å². The van der Waals surface area contributed by atoms with Crippen LogP contribution in [0.4, 0.5) is 23.2 Å². The Hall–Kier alpha value is -2.02. The number of carbonyl (C=O) groups is 1. The van der Waals surface area contributed by atoms with Gasteiger partial charge in [-0.2, -0.15) is 13.2 Å². The van der Waals surface area contributed by atoms with Gasteiger partial charge in [0.05, 0.1) is 11.3 Å². The number of nitrogens with zero attached hydrogens (tertiary/aromatic N) is 1. The minimum absolute atomic E-state index is 0.136. The van der Waals surface area contributed by atoms with Crippen molar-refractivity contribution in [3.8, 4) is 0 Å². The lowest BCUT2D eigenvalue weighted by atomic mass is 10.1. The fraction of sp³-hybridized carbons (Fsp3) is 0.188. The molecular weight excluding hydrogens is 330 g/mol. The molecule has 0 radical (unpaired) electrons. The van der Waals surface area contributed by atoms with Gasteiger partial charge in [0.2, 0.25) is 5.91 Å². The molecule has 1 atom stereocenters. The summed E-state index contributed by atoms with van der Waals surface area (Å²) in [5.41, 5.74) is -0.0727. The normalized spacial score (nSPS) is 18.5. The van der Waals surface area contributed by atoms with Crippen LogP contribution in [0.15, 0.2) is 48.5 Å². The lowest BCUT2D eigenvalue weighted by Gasteiger charge is -2.25. The van der Waals surface area contributed by atoms with Crippen molar-refractivity contribution in [2.75, 3.05) is 10.7 Å². The van der Waals surface area contributed by atoms with Crippen LogP contribution >= 0.6 is 11.8 Å². The summed E-state index contributed by atoms with van der Waals surface area (Å²) < 4.78 is 52.0. The molecule has 0 spiro atoms. The SMILES string of the molecule is O=C1CS[C@H](c2cccc(C(F)(F)F)c2)N1c1cccc(F)c1. The quantitative estimate of drug-likeness (QED) is 0.743. The standard InChI is InChI=1S/C16H11F4NOS/c17-12-5-2-6-13(8-12)21-14(22)9-23-15(21)10-3-1-4-11(7-10)16(18,19)20/h1-8,15H,9H2/t15-/m1/s1. The number of hydrogen-bond donors (Lipinski definition) is 0. The Kier molecular flexibility index (Phi) is 4.06. The molecule has 3 rings (SSSR count). The minimum atomic E-state index is -4.45. The molecule has 0 aromatic heterocycles. The Balaban J connectivity index is 2.00. The van der Waals surface area contributed by atoms with Crippen LogP contribution in [-0.4, -0.2) is 11.7 Å². The van der Waals surface area contributed by atoms with Gasteiger partial charge in [0, 0.05) is 5.69 Å². The molecule has 1 aliphatic heterocycles. The lowest BCUT2D eigenvalue weighted by molar-refractivity contribution is -0.137. The summed E-state index contributed by atoms with van der Waals surface area (Å²) in [6.45, 7) is 0. The van der Waals surface area contributed by atoms with Crippen LogP contribution in [0.2, 0.25) is 0 Å². The summed E-state index contributed by atoms with van der Waals surface area (Å²) >= 11 is 1.22. The van der Waals surface area contributed by atoms with Gasteiger partial charge in [0.15, 0.2) is 0 Å². The van der Waals surface area contributed by atoms with Crippen molar-refractivity contribution in [1.29, 1.82) is 0 Å². The molecule has 1 aliphatic rings. The van der Waals surface area contributed by atoms with Crippen LogP contribution in [0.5, 0.6) is 0 Å². The second kappa shape index (κ2) is 5.88. The van der Waals surface area contributed by atoms with E-state index in [9.17, 15) is 22.4 Å². The molecule has 120 valence electrons. The van der Waals surface area contributed by atoms with Crippen molar-refractivity contribution in [2.24, 2.45) is 0 Å². The number of benzene rings is 2. The molecular formula is C16H11F4NOS. The van der Waals surface area contributed by atoms with E-state index in [1.807, 2.05) is 0 Å². The van der Waals surface area contributed by atoms with Crippen LogP contribution in [0.25, 0.3) is 0 Å². The first-order valence-corrected chi connectivity index (χ1v) is 7.77. The highest BCUT2D eigenvalue weighted by atomic mass is 32.2.